The van der Waals surface area contributed by atoms with Crippen LogP contribution in [0, 0.1) is 11.3 Å². The van der Waals surface area contributed by atoms with E-state index in [2.05, 4.69) is 0 Å². The minimum absolute atomic E-state index is 0.0368. The number of likely N-dealkylation sites (N-methyl/N-ethyl adjacent to an activating group) is 1. The number of amides is 1. The number of nitriles is 1. The molecule has 0 heterocycles. The molecule has 1 unspecified atom stereocenters. The average molecular weight is 184 g/mol. The van der Waals surface area contributed by atoms with Crippen LogP contribution in [0.1, 0.15) is 20.8 Å². The molecular formula is C9H16N2O2. The lowest BCUT2D eigenvalue weighted by atomic mass is 10.3. The zero-order chi connectivity index (χ0) is 10.4. The first-order chi connectivity index (χ1) is 5.99. The molecule has 0 aliphatic rings. The molecule has 0 aliphatic heterocycles. The molecule has 0 aromatic rings. The Morgan fingerprint density at radius 1 is 1.54 bits per heavy atom. The molecule has 4 heteroatoms. The smallest absolute Gasteiger partial charge is 0.249 e. The van der Waals surface area contributed by atoms with Crippen LogP contribution in [-0.2, 0) is 9.53 Å². The molecule has 1 atom stereocenters. The van der Waals surface area contributed by atoms with Crippen LogP contribution in [0.15, 0.2) is 0 Å². The first-order valence-corrected chi connectivity index (χ1v) is 4.26. The van der Waals surface area contributed by atoms with Gasteiger partial charge in [-0.1, -0.05) is 0 Å². The molecule has 4 nitrogen and oxygen atoms in total. The molecule has 0 fully saturated rings. The van der Waals surface area contributed by atoms with Crippen molar-refractivity contribution in [2.75, 3.05) is 13.7 Å². The molecule has 0 radical (unpaired) electrons. The van der Waals surface area contributed by atoms with Crippen LogP contribution in [-0.4, -0.2) is 36.6 Å². The summed E-state index contributed by atoms with van der Waals surface area (Å²) in [7, 11) is 1.60. The summed E-state index contributed by atoms with van der Waals surface area (Å²) in [5, 5.41) is 8.55. The summed E-state index contributed by atoms with van der Waals surface area (Å²) in [4.78, 5) is 12.7. The maximum Gasteiger partial charge on any atom is 0.249 e. The second-order valence-corrected chi connectivity index (χ2v) is 3.17. The van der Waals surface area contributed by atoms with Gasteiger partial charge in [-0.2, -0.15) is 5.26 Å². The summed E-state index contributed by atoms with van der Waals surface area (Å²) in [5.74, 6) is -0.164. The summed E-state index contributed by atoms with van der Waals surface area (Å²) < 4.78 is 5.12. The van der Waals surface area contributed by atoms with Gasteiger partial charge in [0.2, 0.25) is 5.91 Å². The lowest BCUT2D eigenvalue weighted by Gasteiger charge is -2.19. The van der Waals surface area contributed by atoms with E-state index in [1.165, 1.54) is 4.90 Å². The fourth-order valence-corrected chi connectivity index (χ4v) is 0.642. The van der Waals surface area contributed by atoms with Crippen LogP contribution in [0.3, 0.4) is 0 Å². The van der Waals surface area contributed by atoms with E-state index in [0.717, 1.165) is 0 Å². The van der Waals surface area contributed by atoms with Gasteiger partial charge in [0.15, 0.2) is 0 Å². The zero-order valence-electron chi connectivity index (χ0n) is 8.57. The largest absolute Gasteiger partial charge is 0.369 e. The Kier molecular flexibility index (Phi) is 5.09. The van der Waals surface area contributed by atoms with Crippen molar-refractivity contribution in [3.63, 3.8) is 0 Å². The molecule has 0 spiro atoms. The van der Waals surface area contributed by atoms with E-state index < -0.39 is 6.04 Å². The number of nitrogens with zero attached hydrogens (tertiary/aromatic N) is 2. The highest BCUT2D eigenvalue weighted by Gasteiger charge is 2.14. The Hall–Kier alpha value is -1.08. The Morgan fingerprint density at radius 2 is 2.08 bits per heavy atom. The molecular weight excluding hydrogens is 168 g/mol. The van der Waals surface area contributed by atoms with E-state index in [1.807, 2.05) is 19.9 Å². The molecule has 1 amide bonds. The third-order valence-electron chi connectivity index (χ3n) is 1.70. The van der Waals surface area contributed by atoms with Crippen LogP contribution in [0.5, 0.6) is 0 Å². The molecule has 0 rings (SSSR count). The highest BCUT2D eigenvalue weighted by molar-refractivity contribution is 5.77. The van der Waals surface area contributed by atoms with Gasteiger partial charge in [-0.25, -0.2) is 0 Å². The van der Waals surface area contributed by atoms with E-state index in [0.29, 0.717) is 0 Å². The van der Waals surface area contributed by atoms with Crippen LogP contribution in [0.25, 0.3) is 0 Å². The van der Waals surface area contributed by atoms with Crippen molar-refractivity contribution in [3.8, 4) is 6.07 Å². The van der Waals surface area contributed by atoms with Gasteiger partial charge in [-0.15, -0.1) is 0 Å². The highest BCUT2D eigenvalue weighted by Crippen LogP contribution is 1.96. The van der Waals surface area contributed by atoms with Gasteiger partial charge >= 0.3 is 0 Å². The van der Waals surface area contributed by atoms with E-state index in [-0.39, 0.29) is 18.6 Å². The molecule has 0 aliphatic carbocycles. The zero-order valence-corrected chi connectivity index (χ0v) is 8.57. The fourth-order valence-electron chi connectivity index (χ4n) is 0.642. The van der Waals surface area contributed by atoms with Crippen molar-refractivity contribution >= 4 is 5.91 Å². The molecule has 0 N–H and O–H groups in total. The van der Waals surface area contributed by atoms with Crippen LogP contribution in [0.4, 0.5) is 0 Å². The van der Waals surface area contributed by atoms with Gasteiger partial charge in [0.25, 0.3) is 0 Å². The third-order valence-corrected chi connectivity index (χ3v) is 1.70. The summed E-state index contributed by atoms with van der Waals surface area (Å²) >= 11 is 0. The quantitative estimate of drug-likeness (QED) is 0.648. The van der Waals surface area contributed by atoms with Crippen molar-refractivity contribution in [1.29, 1.82) is 5.26 Å². The number of hydrogen-bond donors (Lipinski definition) is 0. The maximum absolute atomic E-state index is 11.3. The molecule has 0 saturated carbocycles. The normalized spacial score (nSPS) is 12.3. The van der Waals surface area contributed by atoms with Crippen LogP contribution < -0.4 is 0 Å². The van der Waals surface area contributed by atoms with Crippen molar-refractivity contribution in [2.24, 2.45) is 0 Å². The van der Waals surface area contributed by atoms with Gasteiger partial charge in [0.05, 0.1) is 12.2 Å². The summed E-state index contributed by atoms with van der Waals surface area (Å²) in [6.45, 7) is 5.44. The Bertz CT molecular complexity index is 208. The van der Waals surface area contributed by atoms with Crippen molar-refractivity contribution in [2.45, 2.75) is 32.9 Å². The SMILES string of the molecule is CC(C)OCC(=O)N(C)C(C)C#N. The first kappa shape index (κ1) is 11.9. The summed E-state index contributed by atoms with van der Waals surface area (Å²) in [5.41, 5.74) is 0. The topological polar surface area (TPSA) is 53.3 Å². The van der Waals surface area contributed by atoms with Crippen LogP contribution >= 0.6 is 0 Å². The third kappa shape index (κ3) is 4.48. The second kappa shape index (κ2) is 5.55. The van der Waals surface area contributed by atoms with Crippen molar-refractivity contribution < 1.29 is 9.53 Å². The maximum atomic E-state index is 11.3. The predicted octanol–water partition coefficient (Wildman–Crippen LogP) is 0.782. The molecule has 74 valence electrons. The highest BCUT2D eigenvalue weighted by atomic mass is 16.5. The molecule has 0 saturated heterocycles. The minimum Gasteiger partial charge on any atom is -0.369 e. The number of ether oxygens (including phenoxy) is 1. The molecule has 13 heavy (non-hydrogen) atoms. The summed E-state index contributed by atoms with van der Waals surface area (Å²) in [6.07, 6.45) is 0.0368. The number of carbonyl (C=O) groups is 1. The summed E-state index contributed by atoms with van der Waals surface area (Å²) in [6, 6.07) is 1.58. The van der Waals surface area contributed by atoms with Crippen LogP contribution in [0.2, 0.25) is 0 Å². The standard InChI is InChI=1S/C9H16N2O2/c1-7(2)13-6-9(12)11(4)8(3)5-10/h7-8H,6H2,1-4H3. The number of carbonyl (C=O) groups excluding carboxylic acids is 1. The van der Waals surface area contributed by atoms with Gasteiger partial charge in [-0.3, -0.25) is 4.79 Å². The number of rotatable bonds is 4. The van der Waals surface area contributed by atoms with E-state index in [1.54, 1.807) is 14.0 Å². The molecule has 0 aromatic heterocycles. The average Bonchev–Trinajstić information content (AvgIpc) is 2.11. The van der Waals surface area contributed by atoms with Crippen molar-refractivity contribution in [1.82, 2.24) is 4.90 Å². The monoisotopic (exact) mass is 184 g/mol. The van der Waals surface area contributed by atoms with Crippen molar-refractivity contribution in [3.05, 3.63) is 0 Å². The van der Waals surface area contributed by atoms with Gasteiger partial charge in [0, 0.05) is 7.05 Å². The van der Waals surface area contributed by atoms with Gasteiger partial charge < -0.3 is 9.64 Å². The second-order valence-electron chi connectivity index (χ2n) is 3.17. The van der Waals surface area contributed by atoms with E-state index >= 15 is 0 Å². The predicted molar refractivity (Wildman–Crippen MR) is 48.9 cm³/mol. The lowest BCUT2D eigenvalue weighted by molar-refractivity contribution is -0.137. The lowest BCUT2D eigenvalue weighted by Crippen LogP contribution is -2.37. The van der Waals surface area contributed by atoms with Gasteiger partial charge in [-0.05, 0) is 20.8 Å². The Labute approximate surface area is 79.1 Å². The Morgan fingerprint density at radius 3 is 2.46 bits per heavy atom. The number of hydrogen-bond acceptors (Lipinski definition) is 3. The minimum atomic E-state index is -0.400. The first-order valence-electron chi connectivity index (χ1n) is 4.26. The Balaban J connectivity index is 3.91. The van der Waals surface area contributed by atoms with E-state index in [9.17, 15) is 4.79 Å². The molecule has 0 bridgehead atoms. The molecule has 0 aromatic carbocycles. The fraction of sp³-hybridized carbons (Fsp3) is 0.778. The van der Waals surface area contributed by atoms with E-state index in [4.69, 9.17) is 10.00 Å². The van der Waals surface area contributed by atoms with Gasteiger partial charge in [0.1, 0.15) is 12.6 Å².